The van der Waals surface area contributed by atoms with Gasteiger partial charge in [-0.3, -0.25) is 4.79 Å². The fourth-order valence-corrected chi connectivity index (χ4v) is 3.64. The van der Waals surface area contributed by atoms with Gasteiger partial charge in [-0.15, -0.1) is 0 Å². The van der Waals surface area contributed by atoms with Gasteiger partial charge in [0.25, 0.3) is 0 Å². The normalized spacial score (nSPS) is 11.4. The van der Waals surface area contributed by atoms with E-state index in [0.717, 1.165) is 13.0 Å². The summed E-state index contributed by atoms with van der Waals surface area (Å²) in [7, 11) is 0. The van der Waals surface area contributed by atoms with E-state index in [9.17, 15) is 4.79 Å². The number of aliphatic hydroxyl groups excluding tert-OH is 1. The quantitative estimate of drug-likeness (QED) is 0.136. The zero-order valence-corrected chi connectivity index (χ0v) is 19.6. The molecule has 0 atom stereocenters. The molecule has 1 amide bonds. The number of aliphatic hydroxyl groups is 1. The summed E-state index contributed by atoms with van der Waals surface area (Å²) in [5.74, 6) is 0.0762. The van der Waals surface area contributed by atoms with Crippen molar-refractivity contribution in [3.8, 4) is 0 Å². The molecule has 0 aromatic rings. The Hall–Kier alpha value is -0.830. The van der Waals surface area contributed by atoms with Gasteiger partial charge in [-0.1, -0.05) is 103 Å². The van der Waals surface area contributed by atoms with Crippen molar-refractivity contribution in [3.63, 3.8) is 0 Å². The number of carbonyl (C=O) groups is 1. The van der Waals surface area contributed by atoms with E-state index in [1.165, 1.54) is 109 Å². The first-order chi connectivity index (χ1) is 14.3. The predicted octanol–water partition coefficient (Wildman–Crippen LogP) is 7.47. The molecule has 0 spiro atoms. The Kier molecular flexibility index (Phi) is 24.5. The highest BCUT2D eigenvalue weighted by Crippen LogP contribution is 2.12. The van der Waals surface area contributed by atoms with Crippen molar-refractivity contribution < 1.29 is 9.90 Å². The number of nitrogens with one attached hydrogen (secondary N) is 1. The summed E-state index contributed by atoms with van der Waals surface area (Å²) in [4.78, 5) is 11.4. The summed E-state index contributed by atoms with van der Waals surface area (Å²) >= 11 is 0. The average molecular weight is 410 g/mol. The van der Waals surface area contributed by atoms with Crippen LogP contribution in [0.5, 0.6) is 0 Å². The molecule has 29 heavy (non-hydrogen) atoms. The lowest BCUT2D eigenvalue weighted by atomic mass is 10.1. The molecule has 0 fully saturated rings. The van der Waals surface area contributed by atoms with Gasteiger partial charge in [0.1, 0.15) is 0 Å². The molecule has 172 valence electrons. The maximum Gasteiger partial charge on any atom is 0.220 e. The van der Waals surface area contributed by atoms with Gasteiger partial charge in [0, 0.05) is 19.6 Å². The van der Waals surface area contributed by atoms with Gasteiger partial charge < -0.3 is 10.4 Å². The van der Waals surface area contributed by atoms with Crippen LogP contribution in [0.4, 0.5) is 0 Å². The summed E-state index contributed by atoms with van der Waals surface area (Å²) in [6.45, 7) is 3.17. The molecule has 3 nitrogen and oxygen atoms in total. The maximum atomic E-state index is 11.4. The van der Waals surface area contributed by atoms with Crippen LogP contribution in [0.1, 0.15) is 135 Å². The number of carbonyl (C=O) groups excluding carboxylic acids is 1. The number of amides is 1. The van der Waals surface area contributed by atoms with Gasteiger partial charge in [0.2, 0.25) is 5.91 Å². The van der Waals surface area contributed by atoms with E-state index in [0.29, 0.717) is 12.8 Å². The number of hydrogen-bond acceptors (Lipinski definition) is 2. The molecule has 0 unspecified atom stereocenters. The first kappa shape index (κ1) is 28.2. The Labute approximate surface area is 182 Å². The second kappa shape index (κ2) is 25.2. The highest BCUT2D eigenvalue weighted by Gasteiger charge is 1.99. The molecule has 0 aliphatic heterocycles. The van der Waals surface area contributed by atoms with Crippen LogP contribution in [0.25, 0.3) is 0 Å². The lowest BCUT2D eigenvalue weighted by molar-refractivity contribution is -0.121. The monoisotopic (exact) mass is 409 g/mol. The largest absolute Gasteiger partial charge is 0.396 e. The summed E-state index contributed by atoms with van der Waals surface area (Å²) < 4.78 is 0. The second-order valence-electron chi connectivity index (χ2n) is 8.53. The third kappa shape index (κ3) is 25.1. The van der Waals surface area contributed by atoms with Crippen molar-refractivity contribution in [1.29, 1.82) is 0 Å². The molecule has 2 N–H and O–H groups in total. The topological polar surface area (TPSA) is 49.3 Å². The second-order valence-corrected chi connectivity index (χ2v) is 8.53. The molecule has 0 radical (unpaired) electrons. The van der Waals surface area contributed by atoms with Gasteiger partial charge in [0.15, 0.2) is 0 Å². The molecule has 0 rings (SSSR count). The van der Waals surface area contributed by atoms with Crippen molar-refractivity contribution in [2.24, 2.45) is 0 Å². The molecular formula is C26H51NO2. The summed E-state index contributed by atoms with van der Waals surface area (Å²) in [5, 5.41) is 11.6. The minimum Gasteiger partial charge on any atom is -0.396 e. The van der Waals surface area contributed by atoms with E-state index in [1.807, 2.05) is 0 Å². The fourth-order valence-electron chi connectivity index (χ4n) is 3.64. The van der Waals surface area contributed by atoms with Crippen molar-refractivity contribution in [1.82, 2.24) is 5.32 Å². The van der Waals surface area contributed by atoms with Gasteiger partial charge >= 0.3 is 0 Å². The molecule has 0 aromatic heterocycles. The van der Waals surface area contributed by atoms with Crippen LogP contribution in [0.3, 0.4) is 0 Å². The van der Waals surface area contributed by atoms with Crippen LogP contribution in [0.2, 0.25) is 0 Å². The molecule has 3 heteroatoms. The molecule has 0 saturated carbocycles. The third-order valence-corrected chi connectivity index (χ3v) is 5.57. The Morgan fingerprint density at radius 2 is 1.10 bits per heavy atom. The van der Waals surface area contributed by atoms with E-state index in [-0.39, 0.29) is 12.5 Å². The van der Waals surface area contributed by atoms with Crippen LogP contribution >= 0.6 is 0 Å². The Balaban J connectivity index is 3.11. The molecule has 0 bridgehead atoms. The SMILES string of the molecule is CCCCCCCCC=CCCCCCCCCCCCCNC(=O)CCCO. The van der Waals surface area contributed by atoms with Gasteiger partial charge in [-0.05, 0) is 38.5 Å². The molecule has 0 aliphatic rings. The number of hydrogen-bond donors (Lipinski definition) is 2. The summed E-state index contributed by atoms with van der Waals surface area (Å²) in [6.07, 6.45) is 29.9. The zero-order chi connectivity index (χ0) is 21.3. The van der Waals surface area contributed by atoms with Crippen molar-refractivity contribution in [2.45, 2.75) is 135 Å². The first-order valence-electron chi connectivity index (χ1n) is 12.8. The Bertz CT molecular complexity index is 355. The van der Waals surface area contributed by atoms with Gasteiger partial charge in [-0.25, -0.2) is 0 Å². The van der Waals surface area contributed by atoms with E-state index in [1.54, 1.807) is 0 Å². The highest BCUT2D eigenvalue weighted by molar-refractivity contribution is 5.75. The van der Waals surface area contributed by atoms with Gasteiger partial charge in [0.05, 0.1) is 0 Å². The molecule has 0 aromatic carbocycles. The maximum absolute atomic E-state index is 11.4. The van der Waals surface area contributed by atoms with Crippen molar-refractivity contribution >= 4 is 5.91 Å². The van der Waals surface area contributed by atoms with E-state index in [2.05, 4.69) is 24.4 Å². The molecule has 0 aliphatic carbocycles. The van der Waals surface area contributed by atoms with E-state index in [4.69, 9.17) is 5.11 Å². The Morgan fingerprint density at radius 3 is 1.59 bits per heavy atom. The van der Waals surface area contributed by atoms with E-state index >= 15 is 0 Å². The lowest BCUT2D eigenvalue weighted by Gasteiger charge is -2.05. The number of unbranched alkanes of at least 4 members (excludes halogenated alkanes) is 16. The predicted molar refractivity (Wildman–Crippen MR) is 127 cm³/mol. The summed E-state index contributed by atoms with van der Waals surface area (Å²) in [6, 6.07) is 0. The van der Waals surface area contributed by atoms with Crippen LogP contribution in [-0.2, 0) is 4.79 Å². The van der Waals surface area contributed by atoms with Crippen LogP contribution in [-0.4, -0.2) is 24.2 Å². The van der Waals surface area contributed by atoms with Crippen molar-refractivity contribution in [3.05, 3.63) is 12.2 Å². The third-order valence-electron chi connectivity index (χ3n) is 5.57. The fraction of sp³-hybridized carbons (Fsp3) is 0.885. The molecule has 0 heterocycles. The van der Waals surface area contributed by atoms with Crippen LogP contribution in [0, 0.1) is 0 Å². The lowest BCUT2D eigenvalue weighted by Crippen LogP contribution is -2.24. The molecule has 0 saturated heterocycles. The number of allylic oxidation sites excluding steroid dienone is 2. The highest BCUT2D eigenvalue weighted by atomic mass is 16.3. The van der Waals surface area contributed by atoms with Crippen molar-refractivity contribution in [2.75, 3.05) is 13.2 Å². The smallest absolute Gasteiger partial charge is 0.220 e. The zero-order valence-electron chi connectivity index (χ0n) is 19.6. The van der Waals surface area contributed by atoms with Crippen LogP contribution in [0.15, 0.2) is 12.2 Å². The van der Waals surface area contributed by atoms with E-state index < -0.39 is 0 Å². The summed E-state index contributed by atoms with van der Waals surface area (Å²) in [5.41, 5.74) is 0. The average Bonchev–Trinajstić information content (AvgIpc) is 2.73. The Morgan fingerprint density at radius 1 is 0.655 bits per heavy atom. The van der Waals surface area contributed by atoms with Gasteiger partial charge in [-0.2, -0.15) is 0 Å². The molecular weight excluding hydrogens is 358 g/mol. The standard InChI is InChI=1S/C26H51NO2/c1-2-3-4-5-6-7-8-9-10-11-12-13-14-15-16-17-18-19-20-21-24-27-26(29)23-22-25-28/h9-10,28H,2-8,11-25H2,1H3,(H,27,29). The minimum absolute atomic E-state index is 0.0762. The van der Waals surface area contributed by atoms with Crippen LogP contribution < -0.4 is 5.32 Å². The number of rotatable bonds is 23. The minimum atomic E-state index is 0.0762. The first-order valence-corrected chi connectivity index (χ1v) is 12.8.